The minimum absolute atomic E-state index is 0.173. The first-order valence-electron chi connectivity index (χ1n) is 5.52. The van der Waals surface area contributed by atoms with Gasteiger partial charge in [0, 0.05) is 19.6 Å². The molecule has 1 saturated heterocycles. The Kier molecular flexibility index (Phi) is 4.91. The topological polar surface area (TPSA) is 47.3 Å². The Bertz CT molecular complexity index is 231. The summed E-state index contributed by atoms with van der Waals surface area (Å²) in [4.78, 5) is 2.26. The van der Waals surface area contributed by atoms with Gasteiger partial charge in [0.1, 0.15) is 4.75 Å². The molecule has 1 N–H and O–H groups in total. The van der Waals surface area contributed by atoms with Crippen LogP contribution in [0.2, 0.25) is 0 Å². The first kappa shape index (κ1) is 12.8. The van der Waals surface area contributed by atoms with Crippen LogP contribution in [0.1, 0.15) is 26.2 Å². The van der Waals surface area contributed by atoms with Crippen molar-refractivity contribution in [2.45, 2.75) is 37.0 Å². The van der Waals surface area contributed by atoms with E-state index in [-0.39, 0.29) is 10.9 Å². The zero-order chi connectivity index (χ0) is 11.3. The smallest absolute Gasteiger partial charge is 0.104 e. The normalized spacial score (nSPS) is 23.3. The Morgan fingerprint density at radius 1 is 1.53 bits per heavy atom. The summed E-state index contributed by atoms with van der Waals surface area (Å²) >= 11 is 1.67. The molecule has 0 radical (unpaired) electrons. The predicted octanol–water partition coefficient (Wildman–Crippen LogP) is 1.48. The maximum Gasteiger partial charge on any atom is 0.104 e. The highest BCUT2D eigenvalue weighted by molar-refractivity contribution is 8.00. The first-order valence-corrected chi connectivity index (χ1v) is 6.75. The highest BCUT2D eigenvalue weighted by atomic mass is 32.2. The van der Waals surface area contributed by atoms with E-state index in [1.807, 2.05) is 13.2 Å². The van der Waals surface area contributed by atoms with Crippen molar-refractivity contribution < 1.29 is 5.11 Å². The van der Waals surface area contributed by atoms with Gasteiger partial charge >= 0.3 is 0 Å². The van der Waals surface area contributed by atoms with Gasteiger partial charge < -0.3 is 10.0 Å². The molecule has 86 valence electrons. The zero-order valence-corrected chi connectivity index (χ0v) is 10.4. The molecule has 3 nitrogen and oxygen atoms in total. The molecule has 0 bridgehead atoms. The van der Waals surface area contributed by atoms with Crippen molar-refractivity contribution in [3.8, 4) is 6.07 Å². The van der Waals surface area contributed by atoms with Crippen LogP contribution < -0.4 is 0 Å². The minimum atomic E-state index is -0.214. The van der Waals surface area contributed by atoms with Crippen LogP contribution in [-0.2, 0) is 0 Å². The number of hydrogen-bond donors (Lipinski definition) is 1. The van der Waals surface area contributed by atoms with Crippen LogP contribution in [-0.4, -0.2) is 46.7 Å². The molecule has 1 aliphatic heterocycles. The molecule has 1 aliphatic rings. The molecule has 0 aliphatic carbocycles. The molecule has 0 amide bonds. The number of hydrogen-bond acceptors (Lipinski definition) is 4. The molecular weight excluding hydrogens is 208 g/mol. The molecule has 1 heterocycles. The molecule has 1 unspecified atom stereocenters. The Morgan fingerprint density at radius 3 is 2.53 bits per heavy atom. The Morgan fingerprint density at radius 2 is 2.13 bits per heavy atom. The van der Waals surface area contributed by atoms with Crippen molar-refractivity contribution >= 4 is 11.8 Å². The second kappa shape index (κ2) is 5.74. The number of aliphatic hydroxyl groups is 1. The average molecular weight is 228 g/mol. The number of nitriles is 1. The van der Waals surface area contributed by atoms with Gasteiger partial charge in [-0.15, -0.1) is 11.8 Å². The van der Waals surface area contributed by atoms with Gasteiger partial charge in [0.05, 0.1) is 12.2 Å². The van der Waals surface area contributed by atoms with Crippen LogP contribution in [0.4, 0.5) is 0 Å². The van der Waals surface area contributed by atoms with Crippen LogP contribution in [0.25, 0.3) is 0 Å². The second-order valence-corrected chi connectivity index (χ2v) is 5.36. The van der Waals surface area contributed by atoms with Gasteiger partial charge in [0.25, 0.3) is 0 Å². The van der Waals surface area contributed by atoms with E-state index in [9.17, 15) is 5.11 Å². The standard InChI is InChI=1S/C11H20N2OS/c1-3-10(14)8-13-6-4-11(9-12,15-2)5-7-13/h10,14H,3-8H2,1-2H3. The lowest BCUT2D eigenvalue weighted by atomic mass is 9.97. The third-order valence-corrected chi connectivity index (χ3v) is 4.48. The maximum absolute atomic E-state index is 9.54. The molecule has 1 rings (SSSR count). The third-order valence-electron chi connectivity index (χ3n) is 3.20. The fraction of sp³-hybridized carbons (Fsp3) is 0.909. The quantitative estimate of drug-likeness (QED) is 0.791. The molecule has 4 heteroatoms. The van der Waals surface area contributed by atoms with Gasteiger partial charge in [0.15, 0.2) is 0 Å². The summed E-state index contributed by atoms with van der Waals surface area (Å²) in [7, 11) is 0. The summed E-state index contributed by atoms with van der Waals surface area (Å²) in [5.41, 5.74) is 0. The van der Waals surface area contributed by atoms with Crippen LogP contribution in [0.15, 0.2) is 0 Å². The van der Waals surface area contributed by atoms with Crippen molar-refractivity contribution in [2.24, 2.45) is 0 Å². The lowest BCUT2D eigenvalue weighted by Gasteiger charge is -2.36. The number of piperidine rings is 1. The predicted molar refractivity (Wildman–Crippen MR) is 63.8 cm³/mol. The number of rotatable bonds is 4. The van der Waals surface area contributed by atoms with Crippen molar-refractivity contribution in [2.75, 3.05) is 25.9 Å². The lowest BCUT2D eigenvalue weighted by molar-refractivity contribution is 0.0956. The molecule has 0 spiro atoms. The van der Waals surface area contributed by atoms with Crippen LogP contribution in [0.3, 0.4) is 0 Å². The second-order valence-electron chi connectivity index (χ2n) is 4.17. The van der Waals surface area contributed by atoms with Crippen molar-refractivity contribution in [3.05, 3.63) is 0 Å². The molecular formula is C11H20N2OS. The molecule has 0 aromatic heterocycles. The van der Waals surface area contributed by atoms with E-state index < -0.39 is 0 Å². The van der Waals surface area contributed by atoms with Crippen LogP contribution >= 0.6 is 11.8 Å². The van der Waals surface area contributed by atoms with Gasteiger partial charge in [-0.1, -0.05) is 6.92 Å². The van der Waals surface area contributed by atoms with Gasteiger partial charge in [-0.2, -0.15) is 5.26 Å². The zero-order valence-electron chi connectivity index (χ0n) is 9.57. The first-order chi connectivity index (χ1) is 7.15. The molecule has 15 heavy (non-hydrogen) atoms. The molecule has 0 aromatic rings. The summed E-state index contributed by atoms with van der Waals surface area (Å²) in [5, 5.41) is 18.7. The SMILES string of the molecule is CCC(O)CN1CCC(C#N)(SC)CC1. The van der Waals surface area contributed by atoms with Crippen molar-refractivity contribution in [1.82, 2.24) is 4.90 Å². The molecule has 1 atom stereocenters. The molecule has 0 saturated carbocycles. The average Bonchev–Trinajstić information content (AvgIpc) is 2.30. The van der Waals surface area contributed by atoms with Crippen molar-refractivity contribution in [1.29, 1.82) is 5.26 Å². The number of nitrogens with zero attached hydrogens (tertiary/aromatic N) is 2. The van der Waals surface area contributed by atoms with Gasteiger partial charge in [-0.05, 0) is 25.5 Å². The highest BCUT2D eigenvalue weighted by Gasteiger charge is 2.34. The summed E-state index contributed by atoms with van der Waals surface area (Å²) in [6.45, 7) is 4.62. The highest BCUT2D eigenvalue weighted by Crippen LogP contribution is 2.33. The van der Waals surface area contributed by atoms with Crippen LogP contribution in [0.5, 0.6) is 0 Å². The monoisotopic (exact) mass is 228 g/mol. The summed E-state index contributed by atoms with van der Waals surface area (Å²) in [6.07, 6.45) is 4.44. The summed E-state index contributed by atoms with van der Waals surface area (Å²) in [6, 6.07) is 2.43. The van der Waals surface area contributed by atoms with E-state index in [0.29, 0.717) is 0 Å². The van der Waals surface area contributed by atoms with E-state index in [0.717, 1.165) is 38.9 Å². The van der Waals surface area contributed by atoms with Gasteiger partial charge in [0.2, 0.25) is 0 Å². The number of β-amino-alcohol motifs (C(OH)–C–C–N with tert-alkyl or cyclic N) is 1. The Labute approximate surface area is 96.5 Å². The van der Waals surface area contributed by atoms with E-state index in [4.69, 9.17) is 5.26 Å². The minimum Gasteiger partial charge on any atom is -0.392 e. The van der Waals surface area contributed by atoms with Gasteiger partial charge in [-0.25, -0.2) is 0 Å². The van der Waals surface area contributed by atoms with E-state index in [1.54, 1.807) is 11.8 Å². The fourth-order valence-electron chi connectivity index (χ4n) is 1.89. The number of likely N-dealkylation sites (tertiary alicyclic amines) is 1. The molecule has 0 aromatic carbocycles. The molecule has 1 fully saturated rings. The largest absolute Gasteiger partial charge is 0.392 e. The van der Waals surface area contributed by atoms with E-state index in [2.05, 4.69) is 11.0 Å². The Balaban J connectivity index is 2.39. The Hall–Kier alpha value is -0.240. The van der Waals surface area contributed by atoms with E-state index >= 15 is 0 Å². The van der Waals surface area contributed by atoms with Crippen LogP contribution in [0, 0.1) is 11.3 Å². The number of aliphatic hydroxyl groups excluding tert-OH is 1. The fourth-order valence-corrected chi connectivity index (χ4v) is 2.57. The van der Waals surface area contributed by atoms with Gasteiger partial charge in [-0.3, -0.25) is 0 Å². The summed E-state index contributed by atoms with van der Waals surface area (Å²) in [5.74, 6) is 0. The summed E-state index contributed by atoms with van der Waals surface area (Å²) < 4.78 is -0.173. The van der Waals surface area contributed by atoms with Crippen molar-refractivity contribution in [3.63, 3.8) is 0 Å². The number of thioether (sulfide) groups is 1. The lowest BCUT2D eigenvalue weighted by Crippen LogP contribution is -2.44. The third kappa shape index (κ3) is 3.37. The van der Waals surface area contributed by atoms with E-state index in [1.165, 1.54) is 0 Å². The maximum atomic E-state index is 9.54.